The number of amides is 1. The first kappa shape index (κ1) is 13.2. The fraction of sp³-hybridized carbons (Fsp3) is 0.462. The van der Waals surface area contributed by atoms with Crippen molar-refractivity contribution in [2.45, 2.75) is 29.4 Å². The number of primary amides is 1. The SMILES string of the molecule is Cc1ccc(S(=O)C2(C(N)=O)CCOCC2)cc1. The lowest BCUT2D eigenvalue weighted by Gasteiger charge is -2.33. The molecule has 1 unspecified atom stereocenters. The van der Waals surface area contributed by atoms with Crippen molar-refractivity contribution in [1.82, 2.24) is 0 Å². The van der Waals surface area contributed by atoms with E-state index in [9.17, 15) is 9.00 Å². The van der Waals surface area contributed by atoms with Gasteiger partial charge in [-0.15, -0.1) is 0 Å². The van der Waals surface area contributed by atoms with Gasteiger partial charge in [0.05, 0.1) is 10.8 Å². The summed E-state index contributed by atoms with van der Waals surface area (Å²) in [4.78, 5) is 12.4. The third-order valence-electron chi connectivity index (χ3n) is 3.34. The molecule has 18 heavy (non-hydrogen) atoms. The Morgan fingerprint density at radius 3 is 2.33 bits per heavy atom. The number of ether oxygens (including phenoxy) is 1. The molecule has 0 saturated carbocycles. The third kappa shape index (κ3) is 2.33. The minimum absolute atomic E-state index is 0.419. The van der Waals surface area contributed by atoms with Gasteiger partial charge in [-0.1, -0.05) is 17.7 Å². The van der Waals surface area contributed by atoms with Gasteiger partial charge in [-0.3, -0.25) is 9.00 Å². The van der Waals surface area contributed by atoms with Gasteiger partial charge < -0.3 is 10.5 Å². The maximum atomic E-state index is 12.6. The highest BCUT2D eigenvalue weighted by molar-refractivity contribution is 7.87. The van der Waals surface area contributed by atoms with E-state index in [0.29, 0.717) is 31.0 Å². The van der Waals surface area contributed by atoms with E-state index in [2.05, 4.69) is 0 Å². The zero-order valence-electron chi connectivity index (χ0n) is 10.3. The highest BCUT2D eigenvalue weighted by Gasteiger charge is 2.44. The van der Waals surface area contributed by atoms with Crippen molar-refractivity contribution >= 4 is 16.7 Å². The molecule has 5 heteroatoms. The molecular formula is C13H17NO3S. The standard InChI is InChI=1S/C13H17NO3S/c1-10-2-4-11(5-3-10)18(16)13(12(14)15)6-8-17-9-7-13/h2-5H,6-9H2,1H3,(H2,14,15). The quantitative estimate of drug-likeness (QED) is 0.892. The van der Waals surface area contributed by atoms with E-state index in [1.165, 1.54) is 0 Å². The molecule has 1 aliphatic rings. The molecule has 0 spiro atoms. The summed E-state index contributed by atoms with van der Waals surface area (Å²) in [6, 6.07) is 7.37. The Kier molecular flexibility index (Phi) is 3.82. The van der Waals surface area contributed by atoms with Crippen molar-refractivity contribution in [2.75, 3.05) is 13.2 Å². The van der Waals surface area contributed by atoms with Gasteiger partial charge in [-0.05, 0) is 31.9 Å². The first-order chi connectivity index (χ1) is 8.56. The minimum atomic E-state index is -1.42. The molecule has 1 fully saturated rings. The van der Waals surface area contributed by atoms with Crippen molar-refractivity contribution in [3.05, 3.63) is 29.8 Å². The molecule has 2 rings (SSSR count). The second-order valence-corrected chi connectivity index (χ2v) is 6.34. The Labute approximate surface area is 109 Å². The Morgan fingerprint density at radius 1 is 1.28 bits per heavy atom. The number of carbonyl (C=O) groups excluding carboxylic acids is 1. The Balaban J connectivity index is 2.34. The number of hydrogen-bond acceptors (Lipinski definition) is 3. The summed E-state index contributed by atoms with van der Waals surface area (Å²) in [7, 11) is -1.42. The molecular weight excluding hydrogens is 250 g/mol. The molecule has 1 amide bonds. The summed E-state index contributed by atoms with van der Waals surface area (Å²) in [6.45, 7) is 2.83. The van der Waals surface area contributed by atoms with E-state index in [0.717, 1.165) is 5.56 Å². The number of nitrogens with two attached hydrogens (primary N) is 1. The van der Waals surface area contributed by atoms with E-state index < -0.39 is 21.5 Å². The van der Waals surface area contributed by atoms with E-state index in [1.807, 2.05) is 19.1 Å². The Hall–Kier alpha value is -1.20. The average Bonchev–Trinajstić information content (AvgIpc) is 2.39. The van der Waals surface area contributed by atoms with Gasteiger partial charge in [0.1, 0.15) is 4.75 Å². The van der Waals surface area contributed by atoms with Gasteiger partial charge in [0.25, 0.3) is 0 Å². The predicted molar refractivity (Wildman–Crippen MR) is 69.6 cm³/mol. The largest absolute Gasteiger partial charge is 0.381 e. The maximum absolute atomic E-state index is 12.6. The van der Waals surface area contributed by atoms with Gasteiger partial charge in [-0.25, -0.2) is 0 Å². The van der Waals surface area contributed by atoms with Crippen LogP contribution in [0.25, 0.3) is 0 Å². The molecule has 1 aromatic rings. The minimum Gasteiger partial charge on any atom is -0.381 e. The lowest BCUT2D eigenvalue weighted by Crippen LogP contribution is -2.51. The third-order valence-corrected chi connectivity index (χ3v) is 5.36. The highest BCUT2D eigenvalue weighted by atomic mass is 32.2. The molecule has 1 saturated heterocycles. The Bertz CT molecular complexity index is 464. The van der Waals surface area contributed by atoms with Crippen LogP contribution in [0.15, 0.2) is 29.2 Å². The van der Waals surface area contributed by atoms with E-state index >= 15 is 0 Å². The number of hydrogen-bond donors (Lipinski definition) is 1. The summed E-state index contributed by atoms with van der Waals surface area (Å²) >= 11 is 0. The zero-order chi connectivity index (χ0) is 13.2. The van der Waals surface area contributed by atoms with Crippen LogP contribution < -0.4 is 5.73 Å². The summed E-state index contributed by atoms with van der Waals surface area (Å²) in [5.41, 5.74) is 6.58. The van der Waals surface area contributed by atoms with Gasteiger partial charge in [0.15, 0.2) is 0 Å². The van der Waals surface area contributed by atoms with E-state index in [-0.39, 0.29) is 0 Å². The normalized spacial score (nSPS) is 20.3. The van der Waals surface area contributed by atoms with Crippen molar-refractivity contribution < 1.29 is 13.7 Å². The van der Waals surface area contributed by atoms with Crippen LogP contribution in [0.3, 0.4) is 0 Å². The van der Waals surface area contributed by atoms with Gasteiger partial charge in [0.2, 0.25) is 5.91 Å². The molecule has 1 heterocycles. The lowest BCUT2D eigenvalue weighted by molar-refractivity contribution is -0.122. The first-order valence-electron chi connectivity index (χ1n) is 5.92. The average molecular weight is 267 g/mol. The van der Waals surface area contributed by atoms with Crippen molar-refractivity contribution in [1.29, 1.82) is 0 Å². The molecule has 0 aromatic heterocycles. The fourth-order valence-corrected chi connectivity index (χ4v) is 3.67. The smallest absolute Gasteiger partial charge is 0.236 e. The van der Waals surface area contributed by atoms with Crippen LogP contribution in [0.4, 0.5) is 0 Å². The van der Waals surface area contributed by atoms with Crippen molar-refractivity contribution in [2.24, 2.45) is 5.73 Å². The Morgan fingerprint density at radius 2 is 1.83 bits per heavy atom. The molecule has 98 valence electrons. The van der Waals surface area contributed by atoms with Crippen LogP contribution in [0, 0.1) is 6.92 Å². The van der Waals surface area contributed by atoms with Crippen LogP contribution in [0.2, 0.25) is 0 Å². The molecule has 1 aliphatic heterocycles. The predicted octanol–water partition coefficient (Wildman–Crippen LogP) is 1.14. The maximum Gasteiger partial charge on any atom is 0.236 e. The van der Waals surface area contributed by atoms with Gasteiger partial charge in [0, 0.05) is 18.1 Å². The van der Waals surface area contributed by atoms with E-state index in [4.69, 9.17) is 10.5 Å². The highest BCUT2D eigenvalue weighted by Crippen LogP contribution is 2.31. The molecule has 4 nitrogen and oxygen atoms in total. The molecule has 0 aliphatic carbocycles. The van der Waals surface area contributed by atoms with Crippen LogP contribution >= 0.6 is 0 Å². The number of benzene rings is 1. The summed E-state index contributed by atoms with van der Waals surface area (Å²) in [5, 5.41) is 0. The summed E-state index contributed by atoms with van der Waals surface area (Å²) in [6.07, 6.45) is 0.839. The van der Waals surface area contributed by atoms with Crippen LogP contribution in [-0.2, 0) is 20.3 Å². The molecule has 1 atom stereocenters. The molecule has 2 N–H and O–H groups in total. The topological polar surface area (TPSA) is 69.4 Å². The van der Waals surface area contributed by atoms with Crippen LogP contribution in [0.5, 0.6) is 0 Å². The molecule has 1 aromatic carbocycles. The zero-order valence-corrected chi connectivity index (χ0v) is 11.2. The molecule has 0 radical (unpaired) electrons. The number of aryl methyl sites for hydroxylation is 1. The van der Waals surface area contributed by atoms with Crippen LogP contribution in [0.1, 0.15) is 18.4 Å². The van der Waals surface area contributed by atoms with Crippen LogP contribution in [-0.4, -0.2) is 28.1 Å². The van der Waals surface area contributed by atoms with Crippen molar-refractivity contribution in [3.8, 4) is 0 Å². The number of carbonyl (C=O) groups is 1. The fourth-order valence-electron chi connectivity index (χ4n) is 2.11. The van der Waals surface area contributed by atoms with Gasteiger partial charge >= 0.3 is 0 Å². The second-order valence-electron chi connectivity index (χ2n) is 4.55. The monoisotopic (exact) mass is 267 g/mol. The molecule has 0 bridgehead atoms. The summed E-state index contributed by atoms with van der Waals surface area (Å²) in [5.74, 6) is -0.496. The van der Waals surface area contributed by atoms with E-state index in [1.54, 1.807) is 12.1 Å². The lowest BCUT2D eigenvalue weighted by atomic mass is 9.98. The van der Waals surface area contributed by atoms with Gasteiger partial charge in [-0.2, -0.15) is 0 Å². The van der Waals surface area contributed by atoms with Crippen molar-refractivity contribution in [3.63, 3.8) is 0 Å². The first-order valence-corrected chi connectivity index (χ1v) is 7.07. The number of rotatable bonds is 3. The second kappa shape index (κ2) is 5.20. The summed E-state index contributed by atoms with van der Waals surface area (Å²) < 4.78 is 16.9.